The molecule has 0 spiro atoms. The van der Waals surface area contributed by atoms with E-state index in [1.807, 2.05) is 6.92 Å². The average Bonchev–Trinajstić information content (AvgIpc) is 3.19. The molecule has 0 saturated heterocycles. The van der Waals surface area contributed by atoms with Crippen molar-refractivity contribution >= 4 is 5.96 Å². The van der Waals surface area contributed by atoms with Gasteiger partial charge in [0.15, 0.2) is 5.96 Å². The molecule has 1 heterocycles. The van der Waals surface area contributed by atoms with Gasteiger partial charge in [0, 0.05) is 12.1 Å². The van der Waals surface area contributed by atoms with Crippen molar-refractivity contribution in [1.29, 1.82) is 0 Å². The van der Waals surface area contributed by atoms with Crippen molar-refractivity contribution in [1.82, 2.24) is 10.6 Å². The van der Waals surface area contributed by atoms with Crippen LogP contribution in [-0.4, -0.2) is 30.3 Å². The Morgan fingerprint density at radius 3 is 2.74 bits per heavy atom. The van der Waals surface area contributed by atoms with E-state index >= 15 is 0 Å². The van der Waals surface area contributed by atoms with E-state index in [9.17, 15) is 5.11 Å². The third kappa shape index (κ3) is 6.64. The molecule has 2 unspecified atom stereocenters. The number of aliphatic hydroxyl groups excluding tert-OH is 1. The Hall–Kier alpha value is -2.47. The van der Waals surface area contributed by atoms with Crippen LogP contribution < -0.4 is 15.4 Å². The summed E-state index contributed by atoms with van der Waals surface area (Å²) in [5.41, 5.74) is 2.19. The molecule has 0 saturated carbocycles. The highest BCUT2D eigenvalue weighted by atomic mass is 16.5. The van der Waals surface area contributed by atoms with Crippen LogP contribution in [0.1, 0.15) is 50.2 Å². The third-order valence-electron chi connectivity index (χ3n) is 4.21. The Kier molecular flexibility index (Phi) is 8.20. The lowest BCUT2D eigenvalue weighted by molar-refractivity contribution is 0.153. The van der Waals surface area contributed by atoms with Gasteiger partial charge < -0.3 is 24.9 Å². The van der Waals surface area contributed by atoms with Crippen LogP contribution in [0.2, 0.25) is 0 Å². The second-order valence-corrected chi connectivity index (χ2v) is 6.56. The van der Waals surface area contributed by atoms with E-state index in [0.29, 0.717) is 24.8 Å². The van der Waals surface area contributed by atoms with Crippen molar-refractivity contribution in [2.75, 3.05) is 13.1 Å². The fourth-order valence-corrected chi connectivity index (χ4v) is 2.48. The van der Waals surface area contributed by atoms with E-state index in [1.54, 1.807) is 18.4 Å². The number of aliphatic imine (C=N–C) groups is 1. The lowest BCUT2D eigenvalue weighted by atomic mass is 10.1. The highest BCUT2D eigenvalue weighted by Gasteiger charge is 2.12. The summed E-state index contributed by atoms with van der Waals surface area (Å²) in [6, 6.07) is 9.68. The highest BCUT2D eigenvalue weighted by Crippen LogP contribution is 2.23. The summed E-state index contributed by atoms with van der Waals surface area (Å²) in [7, 11) is 0. The van der Waals surface area contributed by atoms with Gasteiger partial charge in [0.25, 0.3) is 0 Å². The van der Waals surface area contributed by atoms with Crippen molar-refractivity contribution in [2.24, 2.45) is 4.99 Å². The second-order valence-electron chi connectivity index (χ2n) is 6.56. The molecule has 3 N–H and O–H groups in total. The normalized spacial score (nSPS) is 13.9. The lowest BCUT2D eigenvalue weighted by Crippen LogP contribution is -2.39. The van der Waals surface area contributed by atoms with E-state index < -0.39 is 6.10 Å². The fourth-order valence-electron chi connectivity index (χ4n) is 2.48. The number of ether oxygens (including phenoxy) is 1. The minimum atomic E-state index is -0.729. The predicted molar refractivity (Wildman–Crippen MR) is 108 cm³/mol. The van der Waals surface area contributed by atoms with E-state index in [0.717, 1.165) is 29.8 Å². The second kappa shape index (κ2) is 10.6. The topological polar surface area (TPSA) is 79.0 Å². The number of hydrogen-bond acceptors (Lipinski definition) is 4. The molecule has 0 bridgehead atoms. The maximum atomic E-state index is 10.2. The molecule has 1 aromatic carbocycles. The summed E-state index contributed by atoms with van der Waals surface area (Å²) in [5, 5.41) is 16.5. The van der Waals surface area contributed by atoms with Crippen LogP contribution in [0.4, 0.5) is 0 Å². The van der Waals surface area contributed by atoms with Crippen molar-refractivity contribution in [2.45, 2.75) is 52.9 Å². The van der Waals surface area contributed by atoms with Crippen molar-refractivity contribution in [3.8, 4) is 5.75 Å². The Morgan fingerprint density at radius 1 is 1.26 bits per heavy atom. The molecule has 6 nitrogen and oxygen atoms in total. The summed E-state index contributed by atoms with van der Waals surface area (Å²) in [4.78, 5) is 4.63. The Labute approximate surface area is 161 Å². The zero-order valence-electron chi connectivity index (χ0n) is 16.7. The molecule has 2 atom stereocenters. The number of nitrogens with one attached hydrogen (secondary N) is 2. The zero-order chi connectivity index (χ0) is 19.6. The quantitative estimate of drug-likeness (QED) is 0.463. The average molecular weight is 373 g/mol. The Bertz CT molecular complexity index is 713. The van der Waals surface area contributed by atoms with Crippen LogP contribution in [-0.2, 0) is 6.54 Å². The van der Waals surface area contributed by atoms with Gasteiger partial charge in [0.2, 0.25) is 0 Å². The fraction of sp³-hybridized carbons (Fsp3) is 0.476. The maximum absolute atomic E-state index is 10.2. The molecule has 2 rings (SSSR count). The van der Waals surface area contributed by atoms with Crippen LogP contribution in [0.15, 0.2) is 46.0 Å². The minimum Gasteiger partial charge on any atom is -0.490 e. The smallest absolute Gasteiger partial charge is 0.191 e. The first-order chi connectivity index (χ1) is 13.0. The SMILES string of the molecule is CCNC(=NCc1ccc(C)cc1OC(C)CC)NCC(O)c1ccco1. The molecule has 0 amide bonds. The number of nitrogens with zero attached hydrogens (tertiary/aromatic N) is 1. The first-order valence-corrected chi connectivity index (χ1v) is 9.53. The van der Waals surface area contributed by atoms with Gasteiger partial charge in [-0.15, -0.1) is 0 Å². The van der Waals surface area contributed by atoms with Gasteiger partial charge in [-0.1, -0.05) is 19.1 Å². The number of guanidine groups is 1. The van der Waals surface area contributed by atoms with Gasteiger partial charge in [0.1, 0.15) is 17.6 Å². The van der Waals surface area contributed by atoms with Gasteiger partial charge in [-0.25, -0.2) is 4.99 Å². The molecular formula is C21H31N3O3. The highest BCUT2D eigenvalue weighted by molar-refractivity contribution is 5.79. The van der Waals surface area contributed by atoms with Gasteiger partial charge in [0.05, 0.1) is 25.5 Å². The molecule has 0 radical (unpaired) electrons. The number of benzene rings is 1. The van der Waals surface area contributed by atoms with Gasteiger partial charge in [-0.2, -0.15) is 0 Å². The number of hydrogen-bond donors (Lipinski definition) is 3. The largest absolute Gasteiger partial charge is 0.490 e. The molecule has 0 fully saturated rings. The molecule has 0 aliphatic heterocycles. The van der Waals surface area contributed by atoms with Crippen LogP contribution in [0.3, 0.4) is 0 Å². The summed E-state index contributed by atoms with van der Waals surface area (Å²) in [5.74, 6) is 2.04. The minimum absolute atomic E-state index is 0.157. The first-order valence-electron chi connectivity index (χ1n) is 9.53. The van der Waals surface area contributed by atoms with E-state index in [4.69, 9.17) is 9.15 Å². The zero-order valence-corrected chi connectivity index (χ0v) is 16.7. The number of aryl methyl sites for hydroxylation is 1. The van der Waals surface area contributed by atoms with Crippen molar-refractivity contribution in [3.63, 3.8) is 0 Å². The number of rotatable bonds is 9. The predicted octanol–water partition coefficient (Wildman–Crippen LogP) is 3.55. The molecule has 0 aliphatic rings. The van der Waals surface area contributed by atoms with Gasteiger partial charge in [-0.3, -0.25) is 0 Å². The first kappa shape index (κ1) is 20.8. The summed E-state index contributed by atoms with van der Waals surface area (Å²) >= 11 is 0. The number of furan rings is 1. The van der Waals surface area contributed by atoms with Crippen LogP contribution in [0, 0.1) is 6.92 Å². The van der Waals surface area contributed by atoms with E-state index in [2.05, 4.69) is 54.6 Å². The van der Waals surface area contributed by atoms with Crippen LogP contribution in [0.25, 0.3) is 0 Å². The monoisotopic (exact) mass is 373 g/mol. The number of aliphatic hydroxyl groups is 1. The standard InChI is InChI=1S/C21H31N3O3/c1-5-16(4)27-20-12-15(3)9-10-17(20)13-23-21(22-6-2)24-14-18(25)19-8-7-11-26-19/h7-12,16,18,25H,5-6,13-14H2,1-4H3,(H2,22,23,24). The summed E-state index contributed by atoms with van der Waals surface area (Å²) in [6.45, 7) is 9.75. The van der Waals surface area contributed by atoms with E-state index in [-0.39, 0.29) is 6.10 Å². The van der Waals surface area contributed by atoms with Gasteiger partial charge in [-0.05, 0) is 51.0 Å². The Morgan fingerprint density at radius 2 is 2.07 bits per heavy atom. The summed E-state index contributed by atoms with van der Waals surface area (Å²) < 4.78 is 11.3. The maximum Gasteiger partial charge on any atom is 0.191 e. The van der Waals surface area contributed by atoms with Crippen molar-refractivity contribution in [3.05, 3.63) is 53.5 Å². The van der Waals surface area contributed by atoms with Gasteiger partial charge >= 0.3 is 0 Å². The molecular weight excluding hydrogens is 342 g/mol. The summed E-state index contributed by atoms with van der Waals surface area (Å²) in [6.07, 6.45) is 1.93. The molecule has 0 aliphatic carbocycles. The third-order valence-corrected chi connectivity index (χ3v) is 4.21. The molecule has 2 aromatic rings. The molecule has 6 heteroatoms. The van der Waals surface area contributed by atoms with Crippen LogP contribution in [0.5, 0.6) is 5.75 Å². The molecule has 1 aromatic heterocycles. The Balaban J connectivity index is 2.05. The lowest BCUT2D eigenvalue weighted by Gasteiger charge is -2.17. The van der Waals surface area contributed by atoms with E-state index in [1.165, 1.54) is 0 Å². The van der Waals surface area contributed by atoms with Crippen molar-refractivity contribution < 1.29 is 14.3 Å². The molecule has 27 heavy (non-hydrogen) atoms. The van der Waals surface area contributed by atoms with Crippen LogP contribution >= 0.6 is 0 Å². The molecule has 148 valence electrons.